The molecule has 0 aliphatic rings. The van der Waals surface area contributed by atoms with Gasteiger partial charge >= 0.3 is 0 Å². The third-order valence-electron chi connectivity index (χ3n) is 3.74. The molecule has 1 rings (SSSR count). The lowest BCUT2D eigenvalue weighted by Gasteiger charge is -2.26. The first-order valence-electron chi connectivity index (χ1n) is 6.92. The van der Waals surface area contributed by atoms with E-state index in [1.807, 2.05) is 13.8 Å². The Morgan fingerprint density at radius 3 is 1.73 bits per heavy atom. The van der Waals surface area contributed by atoms with Crippen molar-refractivity contribution in [2.24, 2.45) is 5.73 Å². The van der Waals surface area contributed by atoms with E-state index < -0.39 is 25.6 Å². The molecular formula is C13H23N3O4S2. The van der Waals surface area contributed by atoms with Crippen LogP contribution in [0.5, 0.6) is 0 Å². The molecule has 0 atom stereocenters. The summed E-state index contributed by atoms with van der Waals surface area (Å²) in [7, 11) is -6.03. The third kappa shape index (κ3) is 4.50. The average Bonchev–Trinajstić information content (AvgIpc) is 2.53. The van der Waals surface area contributed by atoms with Crippen LogP contribution in [0.25, 0.3) is 0 Å². The number of sulfonamides is 2. The molecule has 0 aromatic heterocycles. The molecule has 0 aliphatic heterocycles. The van der Waals surface area contributed by atoms with Crippen molar-refractivity contribution in [1.29, 1.82) is 0 Å². The number of hydrogen-bond acceptors (Lipinski definition) is 5. The van der Waals surface area contributed by atoms with Gasteiger partial charge in [0, 0.05) is 12.1 Å². The van der Waals surface area contributed by atoms with Crippen LogP contribution in [0.3, 0.4) is 0 Å². The fourth-order valence-electron chi connectivity index (χ4n) is 1.74. The Kier molecular flexibility index (Phi) is 6.10. The van der Waals surface area contributed by atoms with E-state index in [1.165, 1.54) is 31.3 Å². The molecule has 7 nitrogen and oxygen atoms in total. The summed E-state index contributed by atoms with van der Waals surface area (Å²) in [5, 5.41) is 0. The van der Waals surface area contributed by atoms with Crippen LogP contribution in [-0.2, 0) is 20.0 Å². The van der Waals surface area contributed by atoms with E-state index in [2.05, 4.69) is 9.44 Å². The van der Waals surface area contributed by atoms with E-state index in [9.17, 15) is 16.8 Å². The lowest BCUT2D eigenvalue weighted by molar-refractivity contribution is 0.392. The van der Waals surface area contributed by atoms with Crippen LogP contribution in [-0.4, -0.2) is 36.0 Å². The lowest BCUT2D eigenvalue weighted by atomic mass is 9.95. The zero-order valence-electron chi connectivity index (χ0n) is 13.0. The molecule has 126 valence electrons. The van der Waals surface area contributed by atoms with Gasteiger partial charge in [0.2, 0.25) is 20.0 Å². The van der Waals surface area contributed by atoms with Crippen LogP contribution >= 0.6 is 0 Å². The van der Waals surface area contributed by atoms with Gasteiger partial charge in [-0.1, -0.05) is 13.8 Å². The molecule has 1 aromatic rings. The van der Waals surface area contributed by atoms with Crippen LogP contribution in [0.15, 0.2) is 34.1 Å². The van der Waals surface area contributed by atoms with Crippen LogP contribution < -0.4 is 15.2 Å². The molecule has 4 N–H and O–H groups in total. The number of rotatable bonds is 8. The molecule has 0 aliphatic carbocycles. The third-order valence-corrected chi connectivity index (χ3v) is 6.58. The Labute approximate surface area is 132 Å². The maximum atomic E-state index is 12.2. The fraction of sp³-hybridized carbons (Fsp3) is 0.538. The number of benzene rings is 1. The van der Waals surface area contributed by atoms with Crippen LogP contribution in [0.4, 0.5) is 0 Å². The van der Waals surface area contributed by atoms with Crippen LogP contribution in [0.2, 0.25) is 0 Å². The minimum atomic E-state index is -3.73. The van der Waals surface area contributed by atoms with Crippen molar-refractivity contribution in [2.45, 2.75) is 42.0 Å². The highest BCUT2D eigenvalue weighted by molar-refractivity contribution is 7.90. The van der Waals surface area contributed by atoms with Gasteiger partial charge in [-0.05, 0) is 44.2 Å². The Morgan fingerprint density at radius 1 is 0.955 bits per heavy atom. The van der Waals surface area contributed by atoms with E-state index in [0.717, 1.165) is 0 Å². The van der Waals surface area contributed by atoms with Crippen molar-refractivity contribution in [1.82, 2.24) is 9.44 Å². The van der Waals surface area contributed by atoms with Gasteiger partial charge in [0.1, 0.15) is 0 Å². The van der Waals surface area contributed by atoms with Gasteiger partial charge in [0.15, 0.2) is 0 Å². The summed E-state index contributed by atoms with van der Waals surface area (Å²) in [6, 6.07) is 5.00. The summed E-state index contributed by atoms with van der Waals surface area (Å²) >= 11 is 0. The highest BCUT2D eigenvalue weighted by Crippen LogP contribution is 2.16. The molecule has 0 spiro atoms. The maximum absolute atomic E-state index is 12.2. The molecule has 0 bridgehead atoms. The van der Waals surface area contributed by atoms with Crippen molar-refractivity contribution < 1.29 is 16.8 Å². The minimum absolute atomic E-state index is 0.00268. The predicted octanol–water partition coefficient (Wildman–Crippen LogP) is 0.391. The molecule has 0 radical (unpaired) electrons. The zero-order valence-corrected chi connectivity index (χ0v) is 14.6. The maximum Gasteiger partial charge on any atom is 0.240 e. The quantitative estimate of drug-likeness (QED) is 0.627. The SMILES string of the molecule is CCC(N)(CC)CNS(=O)(=O)c1ccc(S(=O)(=O)NC)cc1. The van der Waals surface area contributed by atoms with Crippen molar-refractivity contribution >= 4 is 20.0 Å². The Bertz CT molecular complexity index is 693. The second-order valence-electron chi connectivity index (χ2n) is 5.07. The molecule has 9 heteroatoms. The molecule has 0 saturated heterocycles. The Balaban J connectivity index is 2.96. The largest absolute Gasteiger partial charge is 0.324 e. The van der Waals surface area contributed by atoms with Gasteiger partial charge in [0.25, 0.3) is 0 Å². The molecule has 0 amide bonds. The fourth-order valence-corrected chi connectivity index (χ4v) is 3.61. The normalized spacial score (nSPS) is 13.3. The van der Waals surface area contributed by atoms with Crippen LogP contribution in [0.1, 0.15) is 26.7 Å². The van der Waals surface area contributed by atoms with Gasteiger partial charge in [-0.3, -0.25) is 0 Å². The molecular weight excluding hydrogens is 326 g/mol. The summed E-state index contributed by atoms with van der Waals surface area (Å²) in [5.74, 6) is 0. The second-order valence-corrected chi connectivity index (χ2v) is 8.73. The molecule has 0 heterocycles. The van der Waals surface area contributed by atoms with E-state index in [1.54, 1.807) is 0 Å². The highest BCUT2D eigenvalue weighted by atomic mass is 32.2. The molecule has 0 saturated carbocycles. The first kappa shape index (κ1) is 19.0. The molecule has 0 fully saturated rings. The number of nitrogens with two attached hydrogens (primary N) is 1. The van der Waals surface area contributed by atoms with Gasteiger partial charge in [-0.2, -0.15) is 0 Å². The first-order chi connectivity index (χ1) is 10.1. The predicted molar refractivity (Wildman–Crippen MR) is 85.4 cm³/mol. The van der Waals surface area contributed by atoms with E-state index in [4.69, 9.17) is 5.73 Å². The van der Waals surface area contributed by atoms with Crippen molar-refractivity contribution in [3.8, 4) is 0 Å². The summed E-state index contributed by atoms with van der Waals surface area (Å²) in [6.45, 7) is 3.92. The van der Waals surface area contributed by atoms with Crippen molar-refractivity contribution in [3.63, 3.8) is 0 Å². The number of hydrogen-bond donors (Lipinski definition) is 3. The van der Waals surface area contributed by atoms with Gasteiger partial charge in [-0.15, -0.1) is 0 Å². The highest BCUT2D eigenvalue weighted by Gasteiger charge is 2.24. The average molecular weight is 349 g/mol. The first-order valence-corrected chi connectivity index (χ1v) is 9.89. The molecule has 22 heavy (non-hydrogen) atoms. The smallest absolute Gasteiger partial charge is 0.240 e. The summed E-state index contributed by atoms with van der Waals surface area (Å²) in [4.78, 5) is 0.00125. The van der Waals surface area contributed by atoms with Crippen molar-refractivity contribution in [2.75, 3.05) is 13.6 Å². The standard InChI is InChI=1S/C13H23N3O4S2/c1-4-13(14,5-2)10-16-22(19,20)12-8-6-11(7-9-12)21(17,18)15-3/h6-9,15-16H,4-5,10,14H2,1-3H3. The topological polar surface area (TPSA) is 118 Å². The van der Waals surface area contributed by atoms with Gasteiger partial charge in [-0.25, -0.2) is 26.3 Å². The lowest BCUT2D eigenvalue weighted by Crippen LogP contribution is -2.49. The van der Waals surface area contributed by atoms with E-state index in [0.29, 0.717) is 12.8 Å². The molecule has 0 unspecified atom stereocenters. The Hall–Kier alpha value is -1.00. The van der Waals surface area contributed by atoms with Gasteiger partial charge in [0.05, 0.1) is 9.79 Å². The summed E-state index contributed by atoms with van der Waals surface area (Å²) < 4.78 is 52.3. The van der Waals surface area contributed by atoms with Gasteiger partial charge < -0.3 is 5.73 Å². The van der Waals surface area contributed by atoms with E-state index in [-0.39, 0.29) is 16.3 Å². The summed E-state index contributed by atoms with van der Waals surface area (Å²) in [5.41, 5.74) is 5.47. The zero-order chi connectivity index (χ0) is 17.0. The number of nitrogens with one attached hydrogen (secondary N) is 2. The Morgan fingerprint density at radius 2 is 1.36 bits per heavy atom. The van der Waals surface area contributed by atoms with E-state index >= 15 is 0 Å². The van der Waals surface area contributed by atoms with Crippen molar-refractivity contribution in [3.05, 3.63) is 24.3 Å². The molecule has 1 aromatic carbocycles. The second kappa shape index (κ2) is 7.05. The summed E-state index contributed by atoms with van der Waals surface area (Å²) in [6.07, 6.45) is 1.29. The monoisotopic (exact) mass is 349 g/mol. The minimum Gasteiger partial charge on any atom is -0.324 e. The van der Waals surface area contributed by atoms with Crippen LogP contribution in [0, 0.1) is 0 Å².